The molecule has 0 spiro atoms. The highest BCUT2D eigenvalue weighted by molar-refractivity contribution is 5.96. The van der Waals surface area contributed by atoms with Gasteiger partial charge in [-0.05, 0) is 51.0 Å². The molecule has 2 heterocycles. The topological polar surface area (TPSA) is 120 Å². The Morgan fingerprint density at radius 2 is 1.88 bits per heavy atom. The number of amides is 5. The van der Waals surface area contributed by atoms with Gasteiger partial charge in [-0.1, -0.05) is 0 Å². The minimum absolute atomic E-state index is 0.0382. The van der Waals surface area contributed by atoms with E-state index in [9.17, 15) is 19.2 Å². The number of benzene rings is 1. The molecular weight excluding hydrogens is 414 g/mol. The second-order valence-electron chi connectivity index (χ2n) is 8.29. The molecule has 10 nitrogen and oxygen atoms in total. The van der Waals surface area contributed by atoms with Crippen molar-refractivity contribution in [3.63, 3.8) is 0 Å². The number of nitrogens with one attached hydrogen (secondary N) is 3. The van der Waals surface area contributed by atoms with Crippen LogP contribution in [0.15, 0.2) is 24.3 Å². The molecule has 2 aliphatic heterocycles. The fourth-order valence-electron chi connectivity index (χ4n) is 3.86. The number of ether oxygens (including phenoxy) is 1. The van der Waals surface area contributed by atoms with Crippen LogP contribution in [-0.2, 0) is 9.59 Å². The van der Waals surface area contributed by atoms with Crippen molar-refractivity contribution in [1.82, 2.24) is 25.8 Å². The van der Waals surface area contributed by atoms with Crippen LogP contribution in [0, 0.1) is 0 Å². The summed E-state index contributed by atoms with van der Waals surface area (Å²) in [7, 11) is 1.55. The number of urea groups is 1. The van der Waals surface area contributed by atoms with Gasteiger partial charge in [0.25, 0.3) is 5.91 Å². The molecule has 2 saturated heterocycles. The number of hydrogen-bond donors (Lipinski definition) is 3. The highest BCUT2D eigenvalue weighted by Gasteiger charge is 2.39. The summed E-state index contributed by atoms with van der Waals surface area (Å²) in [4.78, 5) is 54.0. The average Bonchev–Trinajstić information content (AvgIpc) is 2.79. The Kier molecular flexibility index (Phi) is 7.55. The van der Waals surface area contributed by atoms with E-state index >= 15 is 0 Å². The first kappa shape index (κ1) is 23.4. The van der Waals surface area contributed by atoms with E-state index in [2.05, 4.69) is 16.0 Å². The minimum Gasteiger partial charge on any atom is -0.497 e. The number of piperazine rings is 1. The zero-order valence-corrected chi connectivity index (χ0v) is 18.7. The Morgan fingerprint density at radius 3 is 2.50 bits per heavy atom. The summed E-state index contributed by atoms with van der Waals surface area (Å²) in [5.74, 6) is -0.271. The molecule has 1 aromatic rings. The Balaban J connectivity index is 1.76. The number of hydrogen-bond acceptors (Lipinski definition) is 5. The first-order valence-corrected chi connectivity index (χ1v) is 10.9. The van der Waals surface area contributed by atoms with Crippen LogP contribution in [0.1, 0.15) is 37.0 Å². The van der Waals surface area contributed by atoms with Gasteiger partial charge in [-0.3, -0.25) is 14.4 Å². The summed E-state index contributed by atoms with van der Waals surface area (Å²) in [6.07, 6.45) is 1.30. The number of carbonyl (C=O) groups is 4. The van der Waals surface area contributed by atoms with E-state index in [0.29, 0.717) is 30.8 Å². The molecule has 10 heteroatoms. The maximum atomic E-state index is 13.1. The van der Waals surface area contributed by atoms with E-state index in [1.807, 2.05) is 13.8 Å². The number of nitrogens with zero attached hydrogens (tertiary/aromatic N) is 2. The van der Waals surface area contributed by atoms with Crippen molar-refractivity contribution < 1.29 is 23.9 Å². The number of carbonyl (C=O) groups excluding carboxylic acids is 4. The lowest BCUT2D eigenvalue weighted by molar-refractivity contribution is -0.133. The van der Waals surface area contributed by atoms with Crippen molar-refractivity contribution in [3.8, 4) is 5.75 Å². The molecule has 3 N–H and O–H groups in total. The Morgan fingerprint density at radius 1 is 1.16 bits per heavy atom. The predicted molar refractivity (Wildman–Crippen MR) is 117 cm³/mol. The predicted octanol–water partition coefficient (Wildman–Crippen LogP) is 0.334. The van der Waals surface area contributed by atoms with Crippen LogP contribution < -0.4 is 20.7 Å². The molecule has 32 heavy (non-hydrogen) atoms. The quantitative estimate of drug-likeness (QED) is 0.604. The second-order valence-corrected chi connectivity index (χ2v) is 8.29. The molecule has 2 atom stereocenters. The van der Waals surface area contributed by atoms with Crippen LogP contribution in [-0.4, -0.2) is 85.0 Å². The van der Waals surface area contributed by atoms with Crippen molar-refractivity contribution in [2.45, 2.75) is 44.8 Å². The Hall–Kier alpha value is -3.30. The van der Waals surface area contributed by atoms with E-state index in [1.165, 1.54) is 4.90 Å². The van der Waals surface area contributed by atoms with Crippen molar-refractivity contribution in [2.24, 2.45) is 0 Å². The first-order valence-electron chi connectivity index (χ1n) is 10.9. The molecule has 1 aromatic carbocycles. The van der Waals surface area contributed by atoms with Gasteiger partial charge in [-0.2, -0.15) is 0 Å². The molecule has 2 unspecified atom stereocenters. The summed E-state index contributed by atoms with van der Waals surface area (Å²) in [5.41, 5.74) is 0.469. The highest BCUT2D eigenvalue weighted by Crippen LogP contribution is 2.17. The van der Waals surface area contributed by atoms with E-state index in [4.69, 9.17) is 4.74 Å². The summed E-state index contributed by atoms with van der Waals surface area (Å²) in [6.45, 7) is 4.79. The van der Waals surface area contributed by atoms with Gasteiger partial charge in [0.2, 0.25) is 11.8 Å². The fourth-order valence-corrected chi connectivity index (χ4v) is 3.86. The van der Waals surface area contributed by atoms with Crippen molar-refractivity contribution in [1.29, 1.82) is 0 Å². The number of methoxy groups -OCH3 is 1. The summed E-state index contributed by atoms with van der Waals surface area (Å²) in [5, 5.41) is 8.31. The van der Waals surface area contributed by atoms with E-state index < -0.39 is 18.0 Å². The maximum absolute atomic E-state index is 13.1. The lowest BCUT2D eigenvalue weighted by atomic mass is 10.0. The maximum Gasteiger partial charge on any atom is 0.318 e. The number of piperidine rings is 1. The van der Waals surface area contributed by atoms with Crippen LogP contribution >= 0.6 is 0 Å². The van der Waals surface area contributed by atoms with E-state index in [1.54, 1.807) is 36.3 Å². The van der Waals surface area contributed by atoms with Crippen LogP contribution in [0.25, 0.3) is 0 Å². The van der Waals surface area contributed by atoms with Gasteiger partial charge >= 0.3 is 6.03 Å². The fraction of sp³-hybridized carbons (Fsp3) is 0.545. The zero-order chi connectivity index (χ0) is 23.3. The third-order valence-corrected chi connectivity index (χ3v) is 5.58. The molecule has 0 saturated carbocycles. The van der Waals surface area contributed by atoms with Crippen molar-refractivity contribution >= 4 is 23.8 Å². The lowest BCUT2D eigenvalue weighted by Crippen LogP contribution is -2.65. The van der Waals surface area contributed by atoms with Gasteiger partial charge in [0.1, 0.15) is 17.8 Å². The normalized spacial score (nSPS) is 21.1. The van der Waals surface area contributed by atoms with Gasteiger partial charge < -0.3 is 30.5 Å². The van der Waals surface area contributed by atoms with Gasteiger partial charge in [-0.25, -0.2) is 4.79 Å². The molecule has 0 bridgehead atoms. The summed E-state index contributed by atoms with van der Waals surface area (Å²) in [6, 6.07) is 4.72. The third kappa shape index (κ3) is 5.49. The highest BCUT2D eigenvalue weighted by atomic mass is 16.5. The van der Waals surface area contributed by atoms with Crippen LogP contribution in [0.3, 0.4) is 0 Å². The first-order chi connectivity index (χ1) is 15.3. The molecule has 0 radical (unpaired) electrons. The van der Waals surface area contributed by atoms with Crippen molar-refractivity contribution in [2.75, 3.05) is 33.3 Å². The lowest BCUT2D eigenvalue weighted by Gasteiger charge is -2.41. The van der Waals surface area contributed by atoms with Crippen LogP contribution in [0.4, 0.5) is 4.79 Å². The largest absolute Gasteiger partial charge is 0.497 e. The third-order valence-electron chi connectivity index (χ3n) is 5.58. The van der Waals surface area contributed by atoms with Crippen molar-refractivity contribution in [3.05, 3.63) is 29.8 Å². The number of rotatable bonds is 5. The average molecular weight is 446 g/mol. The van der Waals surface area contributed by atoms with E-state index in [-0.39, 0.29) is 37.0 Å². The molecule has 2 fully saturated rings. The van der Waals surface area contributed by atoms with E-state index in [0.717, 1.165) is 6.42 Å². The Bertz CT molecular complexity index is 857. The summed E-state index contributed by atoms with van der Waals surface area (Å²) >= 11 is 0. The zero-order valence-electron chi connectivity index (χ0n) is 18.7. The Labute approximate surface area is 187 Å². The van der Waals surface area contributed by atoms with Gasteiger partial charge in [0.05, 0.1) is 13.7 Å². The molecule has 5 amide bonds. The van der Waals surface area contributed by atoms with Gasteiger partial charge in [0.15, 0.2) is 0 Å². The standard InChI is InChI=1S/C22H31N5O5/c1-14(2)24-22(31)27-12-11-26(21(30)15-6-8-16(32-3)9-7-15)13-18(27)20(29)25-17-5-4-10-23-19(17)28/h6-9,14,17-18H,4-5,10-13H2,1-3H3,(H,23,28)(H,24,31)(H,25,29). The van der Waals surface area contributed by atoms with Gasteiger partial charge in [-0.15, -0.1) is 0 Å². The molecule has 0 aromatic heterocycles. The monoisotopic (exact) mass is 445 g/mol. The molecule has 174 valence electrons. The molecule has 2 aliphatic rings. The summed E-state index contributed by atoms with van der Waals surface area (Å²) < 4.78 is 5.13. The molecular formula is C22H31N5O5. The molecule has 0 aliphatic carbocycles. The van der Waals surface area contributed by atoms with Gasteiger partial charge in [0, 0.05) is 31.2 Å². The minimum atomic E-state index is -0.903. The second kappa shape index (κ2) is 10.3. The SMILES string of the molecule is COc1ccc(C(=O)N2CCN(C(=O)NC(C)C)C(C(=O)NC3CCCNC3=O)C2)cc1. The molecule has 3 rings (SSSR count). The van der Waals surface area contributed by atoms with Crippen LogP contribution in [0.5, 0.6) is 5.75 Å². The smallest absolute Gasteiger partial charge is 0.318 e. The van der Waals surface area contributed by atoms with Crippen LogP contribution in [0.2, 0.25) is 0 Å².